The fraction of sp³-hybridized carbons (Fsp3) is 0.444. The third-order valence-electron chi connectivity index (χ3n) is 2.17. The highest BCUT2D eigenvalue weighted by Gasteiger charge is 2.22. The number of alkyl halides is 1. The minimum atomic E-state index is -0.314. The molecule has 16 heavy (non-hydrogen) atoms. The maximum Gasteiger partial charge on any atom is 0.271 e. The summed E-state index contributed by atoms with van der Waals surface area (Å²) in [5.74, 6) is -0.470. The van der Waals surface area contributed by atoms with Crippen molar-refractivity contribution < 1.29 is 9.59 Å². The third-order valence-corrected chi connectivity index (χ3v) is 2.39. The minimum Gasteiger partial charge on any atom is -0.354 e. The van der Waals surface area contributed by atoms with Gasteiger partial charge in [-0.2, -0.15) is 0 Å². The largest absolute Gasteiger partial charge is 0.354 e. The molecule has 0 saturated heterocycles. The highest BCUT2D eigenvalue weighted by molar-refractivity contribution is 6.29. The van der Waals surface area contributed by atoms with E-state index in [9.17, 15) is 9.59 Å². The monoisotopic (exact) mass is 244 g/mol. The van der Waals surface area contributed by atoms with Gasteiger partial charge in [-0.1, -0.05) is 0 Å². The molecule has 6 nitrogen and oxygen atoms in total. The number of halogens is 1. The highest BCUT2D eigenvalue weighted by atomic mass is 35.5. The van der Waals surface area contributed by atoms with Gasteiger partial charge in [0, 0.05) is 21.1 Å². The Labute approximate surface area is 98.2 Å². The molecule has 2 amide bonds. The summed E-state index contributed by atoms with van der Waals surface area (Å²) in [4.78, 5) is 28.3. The second-order valence-corrected chi connectivity index (χ2v) is 3.46. The standard InChI is InChI=1S/C9H13ClN4O2/c1-11-9(16)7-8(12-5-13(7)2)14(3)6(15)4-10/h5H,4H2,1-3H3,(H,11,16). The summed E-state index contributed by atoms with van der Waals surface area (Å²) < 4.78 is 1.55. The third kappa shape index (κ3) is 2.16. The summed E-state index contributed by atoms with van der Waals surface area (Å²) >= 11 is 5.44. The maximum atomic E-state index is 11.6. The highest BCUT2D eigenvalue weighted by Crippen LogP contribution is 2.16. The number of carbonyl (C=O) groups is 2. The number of nitrogens with one attached hydrogen (secondary N) is 1. The molecule has 0 saturated carbocycles. The molecule has 1 heterocycles. The van der Waals surface area contributed by atoms with Gasteiger partial charge in [0.25, 0.3) is 5.91 Å². The van der Waals surface area contributed by atoms with Gasteiger partial charge in [0.05, 0.1) is 6.33 Å². The van der Waals surface area contributed by atoms with Crippen molar-refractivity contribution in [3.05, 3.63) is 12.0 Å². The van der Waals surface area contributed by atoms with Crippen LogP contribution in [-0.4, -0.2) is 41.3 Å². The molecule has 0 unspecified atom stereocenters. The van der Waals surface area contributed by atoms with Crippen molar-refractivity contribution in [1.29, 1.82) is 0 Å². The Kier molecular flexibility index (Phi) is 3.89. The summed E-state index contributed by atoms with van der Waals surface area (Å²) in [6, 6.07) is 0. The number of nitrogens with zero attached hydrogens (tertiary/aromatic N) is 3. The first-order chi connectivity index (χ1) is 7.52. The van der Waals surface area contributed by atoms with E-state index < -0.39 is 0 Å². The molecule has 0 bridgehead atoms. The van der Waals surface area contributed by atoms with Crippen molar-refractivity contribution in [3.8, 4) is 0 Å². The lowest BCUT2D eigenvalue weighted by atomic mass is 10.3. The number of amides is 2. The SMILES string of the molecule is CNC(=O)c1c(N(C)C(=O)CCl)ncn1C. The van der Waals surface area contributed by atoms with Crippen LogP contribution in [0.25, 0.3) is 0 Å². The summed E-state index contributed by atoms with van der Waals surface area (Å²) in [7, 11) is 4.72. The number of aryl methyl sites for hydroxylation is 1. The van der Waals surface area contributed by atoms with Gasteiger partial charge in [-0.05, 0) is 0 Å². The van der Waals surface area contributed by atoms with Crippen LogP contribution in [0.15, 0.2) is 6.33 Å². The summed E-state index contributed by atoms with van der Waals surface area (Å²) in [5.41, 5.74) is 0.323. The van der Waals surface area contributed by atoms with E-state index in [1.165, 1.54) is 25.3 Å². The van der Waals surface area contributed by atoms with Crippen LogP contribution >= 0.6 is 11.6 Å². The Bertz CT molecular complexity index is 416. The Morgan fingerprint density at radius 3 is 2.75 bits per heavy atom. The number of anilines is 1. The zero-order valence-corrected chi connectivity index (χ0v) is 10.1. The van der Waals surface area contributed by atoms with E-state index in [4.69, 9.17) is 11.6 Å². The molecule has 0 aliphatic heterocycles. The van der Waals surface area contributed by atoms with Gasteiger partial charge in [0.2, 0.25) is 5.91 Å². The summed E-state index contributed by atoms with van der Waals surface area (Å²) in [5, 5.41) is 2.49. The van der Waals surface area contributed by atoms with Crippen molar-refractivity contribution in [3.63, 3.8) is 0 Å². The first kappa shape index (κ1) is 12.5. The molecule has 0 atom stereocenters. The van der Waals surface area contributed by atoms with Crippen molar-refractivity contribution >= 4 is 29.2 Å². The molecule has 0 aliphatic rings. The van der Waals surface area contributed by atoms with Crippen LogP contribution < -0.4 is 10.2 Å². The van der Waals surface area contributed by atoms with E-state index in [1.807, 2.05) is 0 Å². The average Bonchev–Trinajstić information content (AvgIpc) is 2.68. The van der Waals surface area contributed by atoms with Crippen molar-refractivity contribution in [2.24, 2.45) is 7.05 Å². The fourth-order valence-corrected chi connectivity index (χ4v) is 1.43. The molecule has 0 aromatic carbocycles. The molecule has 0 radical (unpaired) electrons. The van der Waals surface area contributed by atoms with Crippen LogP contribution in [0.2, 0.25) is 0 Å². The van der Waals surface area contributed by atoms with Gasteiger partial charge < -0.3 is 9.88 Å². The van der Waals surface area contributed by atoms with E-state index in [2.05, 4.69) is 10.3 Å². The van der Waals surface area contributed by atoms with E-state index >= 15 is 0 Å². The molecule has 1 aromatic heterocycles. The van der Waals surface area contributed by atoms with Gasteiger partial charge in [0.1, 0.15) is 5.88 Å². The Balaban J connectivity index is 3.14. The topological polar surface area (TPSA) is 67.2 Å². The van der Waals surface area contributed by atoms with Gasteiger partial charge in [-0.3, -0.25) is 14.5 Å². The number of carbonyl (C=O) groups excluding carboxylic acids is 2. The predicted molar refractivity (Wildman–Crippen MR) is 60.7 cm³/mol. The van der Waals surface area contributed by atoms with Crippen LogP contribution in [0.4, 0.5) is 5.82 Å². The predicted octanol–water partition coefficient (Wildman–Crippen LogP) is -0.0187. The Hall–Kier alpha value is -1.56. The lowest BCUT2D eigenvalue weighted by molar-refractivity contribution is -0.116. The second-order valence-electron chi connectivity index (χ2n) is 3.19. The number of imidazole rings is 1. The average molecular weight is 245 g/mol. The molecule has 1 aromatic rings. The summed E-state index contributed by atoms with van der Waals surface area (Å²) in [6.45, 7) is 0. The number of hydrogen-bond donors (Lipinski definition) is 1. The zero-order chi connectivity index (χ0) is 12.3. The van der Waals surface area contributed by atoms with Crippen molar-refractivity contribution in [1.82, 2.24) is 14.9 Å². The van der Waals surface area contributed by atoms with Gasteiger partial charge in [-0.15, -0.1) is 11.6 Å². The smallest absolute Gasteiger partial charge is 0.271 e. The van der Waals surface area contributed by atoms with Gasteiger partial charge in [-0.25, -0.2) is 4.98 Å². The summed E-state index contributed by atoms with van der Waals surface area (Å²) in [6.07, 6.45) is 1.47. The van der Waals surface area contributed by atoms with E-state index in [0.717, 1.165) is 0 Å². The van der Waals surface area contributed by atoms with Gasteiger partial charge >= 0.3 is 0 Å². The van der Waals surface area contributed by atoms with Crippen LogP contribution in [-0.2, 0) is 11.8 Å². The van der Waals surface area contributed by atoms with Crippen LogP contribution in [0.5, 0.6) is 0 Å². The Morgan fingerprint density at radius 1 is 1.62 bits per heavy atom. The maximum absolute atomic E-state index is 11.6. The molecule has 1 rings (SSSR count). The molecule has 88 valence electrons. The van der Waals surface area contributed by atoms with Crippen molar-refractivity contribution in [2.75, 3.05) is 24.9 Å². The molecular weight excluding hydrogens is 232 g/mol. The Morgan fingerprint density at radius 2 is 2.25 bits per heavy atom. The lowest BCUT2D eigenvalue weighted by Crippen LogP contribution is -2.31. The molecule has 0 fully saturated rings. The van der Waals surface area contributed by atoms with Crippen molar-refractivity contribution in [2.45, 2.75) is 0 Å². The number of rotatable bonds is 3. The molecular formula is C9H13ClN4O2. The zero-order valence-electron chi connectivity index (χ0n) is 9.32. The first-order valence-corrected chi connectivity index (χ1v) is 5.12. The lowest BCUT2D eigenvalue weighted by Gasteiger charge is -2.14. The normalized spacial score (nSPS) is 10.0. The second kappa shape index (κ2) is 4.98. The van der Waals surface area contributed by atoms with Gasteiger partial charge in [0.15, 0.2) is 11.5 Å². The van der Waals surface area contributed by atoms with Crippen LogP contribution in [0.1, 0.15) is 10.5 Å². The van der Waals surface area contributed by atoms with E-state index in [0.29, 0.717) is 11.5 Å². The van der Waals surface area contributed by atoms with E-state index in [-0.39, 0.29) is 17.7 Å². The molecule has 0 aliphatic carbocycles. The molecule has 0 spiro atoms. The quantitative estimate of drug-likeness (QED) is 0.760. The molecule has 1 N–H and O–H groups in total. The van der Waals surface area contributed by atoms with E-state index in [1.54, 1.807) is 11.6 Å². The molecule has 7 heteroatoms. The van der Waals surface area contributed by atoms with Crippen LogP contribution in [0.3, 0.4) is 0 Å². The number of aromatic nitrogens is 2. The van der Waals surface area contributed by atoms with Crippen LogP contribution in [0, 0.1) is 0 Å². The minimum absolute atomic E-state index is 0.153. The fourth-order valence-electron chi connectivity index (χ4n) is 1.25. The number of hydrogen-bond acceptors (Lipinski definition) is 3. The first-order valence-electron chi connectivity index (χ1n) is 4.58.